The lowest BCUT2D eigenvalue weighted by Crippen LogP contribution is -2.27. The van der Waals surface area contributed by atoms with E-state index in [9.17, 15) is 9.59 Å². The van der Waals surface area contributed by atoms with Crippen molar-refractivity contribution in [2.75, 3.05) is 11.9 Å². The van der Waals surface area contributed by atoms with Gasteiger partial charge in [-0.15, -0.1) is 0 Å². The number of carbonyl (C=O) groups is 2. The van der Waals surface area contributed by atoms with Gasteiger partial charge in [0, 0.05) is 25.4 Å². The van der Waals surface area contributed by atoms with Crippen molar-refractivity contribution in [3.05, 3.63) is 42.1 Å². The van der Waals surface area contributed by atoms with Crippen LogP contribution in [0, 0.1) is 12.8 Å². The van der Waals surface area contributed by atoms with Crippen LogP contribution in [0.15, 0.2) is 35.1 Å². The Labute approximate surface area is 149 Å². The number of carbonyl (C=O) groups excluding carboxylic acids is 2. The number of amides is 2. The molecule has 4 heterocycles. The van der Waals surface area contributed by atoms with Gasteiger partial charge in [0.05, 0.1) is 36.3 Å². The molecule has 1 aliphatic rings. The summed E-state index contributed by atoms with van der Waals surface area (Å²) in [4.78, 5) is 30.7. The highest BCUT2D eigenvalue weighted by molar-refractivity contribution is 5.98. The minimum absolute atomic E-state index is 0.0433. The number of nitrogens with zero attached hydrogens (tertiary/aromatic N) is 4. The van der Waals surface area contributed by atoms with Gasteiger partial charge in [0.15, 0.2) is 5.65 Å². The fourth-order valence-electron chi connectivity index (χ4n) is 3.31. The minimum Gasteiger partial charge on any atom is -0.467 e. The average molecular weight is 353 g/mol. The van der Waals surface area contributed by atoms with Crippen molar-refractivity contribution >= 4 is 28.5 Å². The van der Waals surface area contributed by atoms with Crippen molar-refractivity contribution in [2.45, 2.75) is 19.9 Å². The van der Waals surface area contributed by atoms with E-state index in [1.54, 1.807) is 28.1 Å². The summed E-state index contributed by atoms with van der Waals surface area (Å²) in [6, 6.07) is 5.46. The van der Waals surface area contributed by atoms with Crippen LogP contribution < -0.4 is 5.32 Å². The smallest absolute Gasteiger partial charge is 0.229 e. The standard InChI is InChI=1S/C18H19N5O3/c1-11-15-7-13(8-19-17(15)22(2)21-11)20-18(25)12-6-16(24)23(9-12)10-14-4-3-5-26-14/h3-5,7-8,12H,6,9-10H2,1-2H3,(H,20,25). The Morgan fingerprint density at radius 1 is 1.46 bits per heavy atom. The second kappa shape index (κ2) is 6.29. The van der Waals surface area contributed by atoms with E-state index in [-0.39, 0.29) is 24.2 Å². The van der Waals surface area contributed by atoms with Crippen molar-refractivity contribution in [2.24, 2.45) is 13.0 Å². The summed E-state index contributed by atoms with van der Waals surface area (Å²) in [6.07, 6.45) is 3.39. The van der Waals surface area contributed by atoms with Gasteiger partial charge in [0.1, 0.15) is 5.76 Å². The van der Waals surface area contributed by atoms with E-state index < -0.39 is 0 Å². The summed E-state index contributed by atoms with van der Waals surface area (Å²) in [5.74, 6) is 0.102. The molecule has 4 rings (SSSR count). The number of aryl methyl sites for hydroxylation is 2. The van der Waals surface area contributed by atoms with E-state index in [2.05, 4.69) is 15.4 Å². The third-order valence-corrected chi connectivity index (χ3v) is 4.64. The summed E-state index contributed by atoms with van der Waals surface area (Å²) < 4.78 is 6.99. The fourth-order valence-corrected chi connectivity index (χ4v) is 3.31. The van der Waals surface area contributed by atoms with E-state index in [1.807, 2.05) is 26.1 Å². The Bertz CT molecular complexity index is 976. The third kappa shape index (κ3) is 2.94. The molecule has 1 aliphatic heterocycles. The molecule has 8 heteroatoms. The Morgan fingerprint density at radius 3 is 3.08 bits per heavy atom. The number of pyridine rings is 1. The molecule has 0 radical (unpaired) electrons. The first-order valence-corrected chi connectivity index (χ1v) is 8.41. The first-order chi connectivity index (χ1) is 12.5. The fraction of sp³-hybridized carbons (Fsp3) is 0.333. The highest BCUT2D eigenvalue weighted by Crippen LogP contribution is 2.23. The average Bonchev–Trinajstić information content (AvgIpc) is 3.31. The second-order valence-corrected chi connectivity index (χ2v) is 6.55. The summed E-state index contributed by atoms with van der Waals surface area (Å²) in [5, 5.41) is 8.09. The molecular formula is C18H19N5O3. The zero-order valence-electron chi connectivity index (χ0n) is 14.6. The first-order valence-electron chi connectivity index (χ1n) is 8.41. The number of likely N-dealkylation sites (tertiary alicyclic amines) is 1. The molecule has 3 aromatic rings. The van der Waals surface area contributed by atoms with Gasteiger partial charge >= 0.3 is 0 Å². The molecule has 8 nitrogen and oxygen atoms in total. The predicted molar refractivity (Wildman–Crippen MR) is 94.1 cm³/mol. The zero-order chi connectivity index (χ0) is 18.3. The molecule has 26 heavy (non-hydrogen) atoms. The van der Waals surface area contributed by atoms with E-state index >= 15 is 0 Å². The topological polar surface area (TPSA) is 93.3 Å². The van der Waals surface area contributed by atoms with Gasteiger partial charge in [-0.05, 0) is 25.1 Å². The summed E-state index contributed by atoms with van der Waals surface area (Å²) >= 11 is 0. The monoisotopic (exact) mass is 353 g/mol. The van der Waals surface area contributed by atoms with Crippen LogP contribution in [-0.4, -0.2) is 38.0 Å². The maximum absolute atomic E-state index is 12.6. The van der Waals surface area contributed by atoms with E-state index in [4.69, 9.17) is 4.42 Å². The van der Waals surface area contributed by atoms with Crippen molar-refractivity contribution < 1.29 is 14.0 Å². The SMILES string of the molecule is Cc1nn(C)c2ncc(NC(=O)C3CC(=O)N(Cc4ccco4)C3)cc12. The van der Waals surface area contributed by atoms with Crippen LogP contribution in [0.3, 0.4) is 0 Å². The van der Waals surface area contributed by atoms with Crippen molar-refractivity contribution in [3.63, 3.8) is 0 Å². The number of anilines is 1. The molecule has 134 valence electrons. The molecule has 0 aromatic carbocycles. The number of fused-ring (bicyclic) bond motifs is 1. The van der Waals surface area contributed by atoms with E-state index in [0.29, 0.717) is 24.5 Å². The maximum Gasteiger partial charge on any atom is 0.229 e. The second-order valence-electron chi connectivity index (χ2n) is 6.55. The molecule has 1 atom stereocenters. The molecule has 3 aromatic heterocycles. The molecule has 1 saturated heterocycles. The van der Waals surface area contributed by atoms with Gasteiger partial charge < -0.3 is 14.6 Å². The molecule has 1 fully saturated rings. The number of hydrogen-bond donors (Lipinski definition) is 1. The van der Waals surface area contributed by atoms with Crippen LogP contribution in [0.25, 0.3) is 11.0 Å². The maximum atomic E-state index is 12.6. The quantitative estimate of drug-likeness (QED) is 0.773. The molecule has 0 aliphatic carbocycles. The Kier molecular flexibility index (Phi) is 3.95. The Morgan fingerprint density at radius 2 is 2.31 bits per heavy atom. The van der Waals surface area contributed by atoms with Gasteiger partial charge in [-0.3, -0.25) is 14.3 Å². The van der Waals surface area contributed by atoms with Crippen molar-refractivity contribution in [1.29, 1.82) is 0 Å². The van der Waals surface area contributed by atoms with Crippen LogP contribution >= 0.6 is 0 Å². The normalized spacial score (nSPS) is 17.2. The van der Waals surface area contributed by atoms with Gasteiger partial charge in [-0.25, -0.2) is 4.98 Å². The molecule has 2 amide bonds. The third-order valence-electron chi connectivity index (χ3n) is 4.64. The summed E-state index contributed by atoms with van der Waals surface area (Å²) in [7, 11) is 1.83. The summed E-state index contributed by atoms with van der Waals surface area (Å²) in [6.45, 7) is 2.67. The van der Waals surface area contributed by atoms with Crippen LogP contribution in [0.2, 0.25) is 0 Å². The number of hydrogen-bond acceptors (Lipinski definition) is 5. The highest BCUT2D eigenvalue weighted by Gasteiger charge is 2.34. The van der Waals surface area contributed by atoms with Crippen LogP contribution in [0.4, 0.5) is 5.69 Å². The van der Waals surface area contributed by atoms with Gasteiger partial charge in [-0.2, -0.15) is 5.10 Å². The summed E-state index contributed by atoms with van der Waals surface area (Å²) in [5.41, 5.74) is 2.23. The van der Waals surface area contributed by atoms with E-state index in [0.717, 1.165) is 16.7 Å². The Hall–Kier alpha value is -3.16. The molecule has 1 unspecified atom stereocenters. The minimum atomic E-state index is -0.386. The zero-order valence-corrected chi connectivity index (χ0v) is 14.6. The van der Waals surface area contributed by atoms with Crippen LogP contribution in [-0.2, 0) is 23.2 Å². The largest absolute Gasteiger partial charge is 0.467 e. The molecule has 0 bridgehead atoms. The predicted octanol–water partition coefficient (Wildman–Crippen LogP) is 1.86. The highest BCUT2D eigenvalue weighted by atomic mass is 16.3. The van der Waals surface area contributed by atoms with Crippen LogP contribution in [0.5, 0.6) is 0 Å². The molecule has 0 spiro atoms. The van der Waals surface area contributed by atoms with Gasteiger partial charge in [0.25, 0.3) is 0 Å². The Balaban J connectivity index is 1.45. The number of rotatable bonds is 4. The van der Waals surface area contributed by atoms with E-state index in [1.165, 1.54) is 0 Å². The number of furan rings is 1. The van der Waals surface area contributed by atoms with Gasteiger partial charge in [0.2, 0.25) is 11.8 Å². The van der Waals surface area contributed by atoms with Crippen molar-refractivity contribution in [1.82, 2.24) is 19.7 Å². The lowest BCUT2D eigenvalue weighted by molar-refractivity contribution is -0.128. The lowest BCUT2D eigenvalue weighted by atomic mass is 10.1. The van der Waals surface area contributed by atoms with Crippen molar-refractivity contribution in [3.8, 4) is 0 Å². The molecule has 0 saturated carbocycles. The number of aromatic nitrogens is 3. The molecular weight excluding hydrogens is 334 g/mol. The molecule has 1 N–H and O–H groups in total. The lowest BCUT2D eigenvalue weighted by Gasteiger charge is -2.15. The van der Waals surface area contributed by atoms with Crippen LogP contribution in [0.1, 0.15) is 17.9 Å². The number of nitrogens with one attached hydrogen (secondary N) is 1. The first kappa shape index (κ1) is 16.3. The van der Waals surface area contributed by atoms with Gasteiger partial charge in [-0.1, -0.05) is 0 Å².